The number of carboxylic acids is 1. The van der Waals surface area contributed by atoms with Gasteiger partial charge in [-0.3, -0.25) is 4.79 Å². The normalized spacial score (nSPS) is 16.8. The van der Waals surface area contributed by atoms with Gasteiger partial charge in [0.15, 0.2) is 0 Å². The Labute approximate surface area is 181 Å². The molecule has 7 nitrogen and oxygen atoms in total. The standard InChI is InChI=1S/C24H26N2O5/c27-22(26-14-12-21(26)23(28)29)11-5-6-13-25-24(30)31-15-20-18-9-3-1-7-16(18)17-8-2-4-10-19(17)20/h1-4,7-10,20-21H,5-6,11-15H2,(H,25,30)(H,28,29). The number of benzene rings is 2. The molecule has 0 saturated carbocycles. The van der Waals surface area contributed by atoms with Gasteiger partial charge in [0.1, 0.15) is 12.6 Å². The molecule has 2 amide bonds. The van der Waals surface area contributed by atoms with E-state index in [-0.39, 0.29) is 24.9 Å². The van der Waals surface area contributed by atoms with Crippen molar-refractivity contribution < 1.29 is 24.2 Å². The highest BCUT2D eigenvalue weighted by Gasteiger charge is 2.36. The summed E-state index contributed by atoms with van der Waals surface area (Å²) in [5.41, 5.74) is 4.70. The fourth-order valence-corrected chi connectivity index (χ4v) is 4.33. The second kappa shape index (κ2) is 9.20. The van der Waals surface area contributed by atoms with Crippen LogP contribution in [0.2, 0.25) is 0 Å². The summed E-state index contributed by atoms with van der Waals surface area (Å²) in [5.74, 6) is -1.06. The topological polar surface area (TPSA) is 95.9 Å². The van der Waals surface area contributed by atoms with Crippen molar-refractivity contribution in [1.82, 2.24) is 10.2 Å². The van der Waals surface area contributed by atoms with E-state index in [1.807, 2.05) is 24.3 Å². The molecule has 0 spiro atoms. The molecule has 31 heavy (non-hydrogen) atoms. The highest BCUT2D eigenvalue weighted by atomic mass is 16.5. The summed E-state index contributed by atoms with van der Waals surface area (Å²) in [4.78, 5) is 36.6. The molecule has 0 radical (unpaired) electrons. The molecule has 2 N–H and O–H groups in total. The van der Waals surface area contributed by atoms with Gasteiger partial charge in [0.2, 0.25) is 5.91 Å². The average Bonchev–Trinajstić information content (AvgIpc) is 3.04. The average molecular weight is 422 g/mol. The molecule has 1 aliphatic heterocycles. The van der Waals surface area contributed by atoms with Crippen LogP contribution >= 0.6 is 0 Å². The summed E-state index contributed by atoms with van der Waals surface area (Å²) in [6.45, 7) is 1.18. The number of unbranched alkanes of at least 4 members (excludes halogenated alkanes) is 1. The number of carbonyl (C=O) groups is 3. The van der Waals surface area contributed by atoms with Gasteiger partial charge in [-0.05, 0) is 41.5 Å². The Morgan fingerprint density at radius 2 is 1.65 bits per heavy atom. The molecule has 1 aliphatic carbocycles. The monoisotopic (exact) mass is 422 g/mol. The molecule has 1 saturated heterocycles. The quantitative estimate of drug-likeness (QED) is 0.636. The number of nitrogens with one attached hydrogen (secondary N) is 1. The van der Waals surface area contributed by atoms with E-state index < -0.39 is 18.1 Å². The van der Waals surface area contributed by atoms with Gasteiger partial charge in [-0.1, -0.05) is 48.5 Å². The Morgan fingerprint density at radius 3 is 2.23 bits per heavy atom. The maximum absolute atomic E-state index is 12.1. The van der Waals surface area contributed by atoms with Gasteiger partial charge in [-0.15, -0.1) is 0 Å². The zero-order valence-electron chi connectivity index (χ0n) is 17.3. The third kappa shape index (κ3) is 4.40. The maximum Gasteiger partial charge on any atom is 0.407 e. The molecule has 2 aromatic rings. The van der Waals surface area contributed by atoms with E-state index in [2.05, 4.69) is 29.6 Å². The van der Waals surface area contributed by atoms with E-state index in [0.717, 1.165) is 0 Å². The summed E-state index contributed by atoms with van der Waals surface area (Å²) >= 11 is 0. The number of rotatable bonds is 8. The van der Waals surface area contributed by atoms with Crippen molar-refractivity contribution in [1.29, 1.82) is 0 Å². The molecule has 0 aromatic heterocycles. The molecular weight excluding hydrogens is 396 g/mol. The number of ether oxygens (including phenoxy) is 1. The van der Waals surface area contributed by atoms with Gasteiger partial charge in [0.05, 0.1) is 0 Å². The molecule has 0 bridgehead atoms. The van der Waals surface area contributed by atoms with Crippen LogP contribution in [0, 0.1) is 0 Å². The smallest absolute Gasteiger partial charge is 0.407 e. The summed E-state index contributed by atoms with van der Waals surface area (Å²) in [6, 6.07) is 15.7. The Kier molecular flexibility index (Phi) is 6.21. The van der Waals surface area contributed by atoms with Gasteiger partial charge < -0.3 is 20.1 Å². The highest BCUT2D eigenvalue weighted by molar-refractivity contribution is 5.85. The minimum atomic E-state index is -0.948. The van der Waals surface area contributed by atoms with E-state index >= 15 is 0 Å². The highest BCUT2D eigenvalue weighted by Crippen LogP contribution is 2.44. The minimum absolute atomic E-state index is 0.0227. The van der Waals surface area contributed by atoms with Crippen molar-refractivity contribution in [3.05, 3.63) is 59.7 Å². The Balaban J connectivity index is 1.19. The van der Waals surface area contributed by atoms with Gasteiger partial charge in [0.25, 0.3) is 0 Å². The number of hydrogen-bond donors (Lipinski definition) is 2. The van der Waals surface area contributed by atoms with Crippen molar-refractivity contribution in [3.63, 3.8) is 0 Å². The van der Waals surface area contributed by atoms with Gasteiger partial charge in [-0.2, -0.15) is 0 Å². The first-order valence-electron chi connectivity index (χ1n) is 10.7. The van der Waals surface area contributed by atoms with E-state index in [1.54, 1.807) is 0 Å². The zero-order valence-corrected chi connectivity index (χ0v) is 17.3. The second-order valence-corrected chi connectivity index (χ2v) is 7.94. The number of fused-ring (bicyclic) bond motifs is 3. The van der Waals surface area contributed by atoms with Crippen LogP contribution in [0.1, 0.15) is 42.7 Å². The van der Waals surface area contributed by atoms with E-state index in [1.165, 1.54) is 27.2 Å². The molecule has 2 aromatic carbocycles. The molecule has 1 fully saturated rings. The van der Waals surface area contributed by atoms with Crippen LogP contribution in [0.15, 0.2) is 48.5 Å². The summed E-state index contributed by atoms with van der Waals surface area (Å²) in [5, 5.41) is 11.7. The number of aliphatic carboxylic acids is 1. The van der Waals surface area contributed by atoms with E-state index in [0.29, 0.717) is 32.4 Å². The van der Waals surface area contributed by atoms with Crippen LogP contribution < -0.4 is 5.32 Å². The van der Waals surface area contributed by atoms with Crippen LogP contribution in [-0.4, -0.2) is 53.7 Å². The predicted octanol–water partition coefficient (Wildman–Crippen LogP) is 3.38. The van der Waals surface area contributed by atoms with Gasteiger partial charge >= 0.3 is 12.1 Å². The molecular formula is C24H26N2O5. The van der Waals surface area contributed by atoms with Crippen LogP contribution in [0.3, 0.4) is 0 Å². The number of carbonyl (C=O) groups excluding carboxylic acids is 2. The minimum Gasteiger partial charge on any atom is -0.480 e. The molecule has 1 unspecified atom stereocenters. The van der Waals surface area contributed by atoms with Crippen LogP contribution in [0.25, 0.3) is 11.1 Å². The third-order valence-corrected chi connectivity index (χ3v) is 6.06. The van der Waals surface area contributed by atoms with E-state index in [4.69, 9.17) is 9.84 Å². The lowest BCUT2D eigenvalue weighted by Crippen LogP contribution is -2.55. The van der Waals surface area contributed by atoms with Gasteiger partial charge in [-0.25, -0.2) is 9.59 Å². The predicted molar refractivity (Wildman–Crippen MR) is 115 cm³/mol. The number of alkyl carbamates (subject to hydrolysis) is 1. The SMILES string of the molecule is O=C(NCCCCC(=O)N1CCC1C(=O)O)OCC1c2ccccc2-c2ccccc21. The Morgan fingerprint density at radius 1 is 1.00 bits per heavy atom. The number of likely N-dealkylation sites (tertiary alicyclic amines) is 1. The number of carboxylic acid groups (broad SMARTS) is 1. The Bertz CT molecular complexity index is 944. The molecule has 7 heteroatoms. The number of hydrogen-bond acceptors (Lipinski definition) is 4. The van der Waals surface area contributed by atoms with E-state index in [9.17, 15) is 14.4 Å². The molecule has 2 aliphatic rings. The van der Waals surface area contributed by atoms with Gasteiger partial charge in [0, 0.05) is 25.4 Å². The molecule has 1 heterocycles. The fraction of sp³-hybridized carbons (Fsp3) is 0.375. The lowest BCUT2D eigenvalue weighted by atomic mass is 9.98. The number of amides is 2. The lowest BCUT2D eigenvalue weighted by molar-refractivity contribution is -0.157. The van der Waals surface area contributed by atoms with Crippen molar-refractivity contribution in [3.8, 4) is 11.1 Å². The van der Waals surface area contributed by atoms with Crippen molar-refractivity contribution in [2.24, 2.45) is 0 Å². The van der Waals surface area contributed by atoms with Crippen LogP contribution in [0.4, 0.5) is 4.79 Å². The van der Waals surface area contributed by atoms with Crippen molar-refractivity contribution >= 4 is 18.0 Å². The summed E-state index contributed by atoms with van der Waals surface area (Å²) in [6.07, 6.45) is 1.55. The second-order valence-electron chi connectivity index (χ2n) is 7.94. The van der Waals surface area contributed by atoms with Crippen molar-refractivity contribution in [2.75, 3.05) is 19.7 Å². The number of nitrogens with zero attached hydrogens (tertiary/aromatic N) is 1. The fourth-order valence-electron chi connectivity index (χ4n) is 4.33. The summed E-state index contributed by atoms with van der Waals surface area (Å²) in [7, 11) is 0. The summed E-state index contributed by atoms with van der Waals surface area (Å²) < 4.78 is 5.48. The first kappa shape index (κ1) is 20.9. The maximum atomic E-state index is 12.1. The molecule has 4 rings (SSSR count). The third-order valence-electron chi connectivity index (χ3n) is 6.06. The van der Waals surface area contributed by atoms with Crippen LogP contribution in [0.5, 0.6) is 0 Å². The Hall–Kier alpha value is -3.35. The first-order chi connectivity index (χ1) is 15.1. The largest absolute Gasteiger partial charge is 0.480 e. The van der Waals surface area contributed by atoms with Crippen molar-refractivity contribution in [2.45, 2.75) is 37.6 Å². The van der Waals surface area contributed by atoms with Crippen LogP contribution in [-0.2, 0) is 14.3 Å². The molecule has 1 atom stereocenters. The molecule has 162 valence electrons. The lowest BCUT2D eigenvalue weighted by Gasteiger charge is -2.38. The first-order valence-corrected chi connectivity index (χ1v) is 10.7. The zero-order chi connectivity index (χ0) is 21.8.